The third kappa shape index (κ3) is 5.13. The number of alkyl halides is 3. The lowest BCUT2D eigenvalue weighted by molar-refractivity contribution is -0.142. The van der Waals surface area contributed by atoms with E-state index in [1.165, 1.54) is 42.4 Å². The highest BCUT2D eigenvalue weighted by Gasteiger charge is 2.35. The predicted octanol–water partition coefficient (Wildman–Crippen LogP) is 5.06. The van der Waals surface area contributed by atoms with E-state index in [4.69, 9.17) is 4.74 Å². The summed E-state index contributed by atoms with van der Waals surface area (Å²) in [5.41, 5.74) is -0.0264. The molecule has 0 aliphatic carbocycles. The van der Waals surface area contributed by atoms with Crippen LogP contribution in [-0.4, -0.2) is 37.4 Å². The molecule has 0 unspecified atom stereocenters. The van der Waals surface area contributed by atoms with Gasteiger partial charge in [-0.1, -0.05) is 12.1 Å². The maximum Gasteiger partial charge on any atom is 0.433 e. The van der Waals surface area contributed by atoms with Crippen molar-refractivity contribution in [3.63, 3.8) is 0 Å². The minimum absolute atomic E-state index is 0.0629. The molecule has 3 aromatic heterocycles. The Balaban J connectivity index is 1.42. The van der Waals surface area contributed by atoms with Gasteiger partial charge in [0.05, 0.1) is 31.2 Å². The van der Waals surface area contributed by atoms with Gasteiger partial charge in [-0.3, -0.25) is 9.48 Å². The van der Waals surface area contributed by atoms with E-state index in [1.807, 2.05) is 0 Å². The first-order chi connectivity index (χ1) is 17.7. The van der Waals surface area contributed by atoms with Crippen molar-refractivity contribution in [2.75, 3.05) is 12.4 Å². The van der Waals surface area contributed by atoms with Gasteiger partial charge in [0.25, 0.3) is 5.91 Å². The van der Waals surface area contributed by atoms with Crippen molar-refractivity contribution in [2.45, 2.75) is 12.7 Å². The second-order valence-corrected chi connectivity index (χ2v) is 8.06. The van der Waals surface area contributed by atoms with Crippen LogP contribution in [0.5, 0.6) is 5.75 Å². The van der Waals surface area contributed by atoms with Crippen molar-refractivity contribution < 1.29 is 27.1 Å². The van der Waals surface area contributed by atoms with Crippen LogP contribution in [0.2, 0.25) is 0 Å². The maximum absolute atomic E-state index is 13.9. The Morgan fingerprint density at radius 3 is 2.57 bits per heavy atom. The quantitative estimate of drug-likeness (QED) is 0.323. The van der Waals surface area contributed by atoms with Crippen molar-refractivity contribution in [1.29, 1.82) is 0 Å². The average Bonchev–Trinajstić information content (AvgIpc) is 3.49. The normalized spacial score (nSPS) is 11.6. The molecule has 0 fully saturated rings. The first-order valence-electron chi connectivity index (χ1n) is 10.9. The molecule has 0 aliphatic rings. The molecule has 5 rings (SSSR count). The van der Waals surface area contributed by atoms with Gasteiger partial charge >= 0.3 is 6.18 Å². The van der Waals surface area contributed by atoms with E-state index in [0.29, 0.717) is 27.1 Å². The number of benzene rings is 2. The fourth-order valence-corrected chi connectivity index (χ4v) is 3.73. The van der Waals surface area contributed by atoms with E-state index >= 15 is 0 Å². The zero-order valence-electron chi connectivity index (χ0n) is 19.2. The van der Waals surface area contributed by atoms with Crippen LogP contribution in [0.25, 0.3) is 16.9 Å². The smallest absolute Gasteiger partial charge is 0.433 e. The monoisotopic (exact) mass is 510 g/mol. The SMILES string of the molecule is COc1ccc(-c2cc(C(F)(F)F)n3nc(C(=O)Nc4cnn(Cc5cccc(F)c5)c4)cc3n2)cc1. The number of hydrogen-bond acceptors (Lipinski definition) is 5. The van der Waals surface area contributed by atoms with Gasteiger partial charge in [-0.2, -0.15) is 23.4 Å². The summed E-state index contributed by atoms with van der Waals surface area (Å²) in [5, 5.41) is 10.5. The van der Waals surface area contributed by atoms with Crippen molar-refractivity contribution >= 4 is 17.2 Å². The number of ether oxygens (including phenoxy) is 1. The van der Waals surface area contributed by atoms with Crippen LogP contribution in [0.3, 0.4) is 0 Å². The highest BCUT2D eigenvalue weighted by Crippen LogP contribution is 2.32. The van der Waals surface area contributed by atoms with Crippen LogP contribution in [-0.2, 0) is 12.7 Å². The number of nitrogens with zero attached hydrogens (tertiary/aromatic N) is 5. The molecule has 0 aliphatic heterocycles. The number of anilines is 1. The molecule has 1 N–H and O–H groups in total. The first kappa shape index (κ1) is 24.0. The summed E-state index contributed by atoms with van der Waals surface area (Å²) in [7, 11) is 1.48. The van der Waals surface area contributed by atoms with E-state index < -0.39 is 17.8 Å². The highest BCUT2D eigenvalue weighted by molar-refractivity contribution is 6.03. The predicted molar refractivity (Wildman–Crippen MR) is 126 cm³/mol. The number of carbonyl (C=O) groups is 1. The molecule has 0 radical (unpaired) electrons. The lowest BCUT2D eigenvalue weighted by atomic mass is 10.1. The number of carbonyl (C=O) groups excluding carboxylic acids is 1. The van der Waals surface area contributed by atoms with E-state index in [2.05, 4.69) is 20.5 Å². The summed E-state index contributed by atoms with van der Waals surface area (Å²) in [6.07, 6.45) is -1.87. The lowest BCUT2D eigenvalue weighted by Crippen LogP contribution is -2.15. The fraction of sp³-hybridized carbons (Fsp3) is 0.120. The number of halogens is 4. The highest BCUT2D eigenvalue weighted by atomic mass is 19.4. The first-order valence-corrected chi connectivity index (χ1v) is 10.9. The Hall–Kier alpha value is -4.74. The van der Waals surface area contributed by atoms with Crippen LogP contribution in [0.4, 0.5) is 23.2 Å². The number of nitrogens with one attached hydrogen (secondary N) is 1. The molecule has 2 aromatic carbocycles. The van der Waals surface area contributed by atoms with Crippen LogP contribution < -0.4 is 10.1 Å². The third-order valence-electron chi connectivity index (χ3n) is 5.46. The van der Waals surface area contributed by atoms with Gasteiger partial charge in [0, 0.05) is 17.8 Å². The molecule has 37 heavy (non-hydrogen) atoms. The molecule has 12 heteroatoms. The number of rotatable bonds is 6. The number of hydrogen-bond donors (Lipinski definition) is 1. The van der Waals surface area contributed by atoms with Crippen LogP contribution in [0, 0.1) is 5.82 Å². The minimum atomic E-state index is -4.75. The van der Waals surface area contributed by atoms with Crippen molar-refractivity contribution in [3.05, 3.63) is 95.8 Å². The fourth-order valence-electron chi connectivity index (χ4n) is 3.73. The largest absolute Gasteiger partial charge is 0.497 e. The summed E-state index contributed by atoms with van der Waals surface area (Å²) in [5.74, 6) is -0.578. The maximum atomic E-state index is 13.9. The number of methoxy groups -OCH3 is 1. The second-order valence-electron chi connectivity index (χ2n) is 8.06. The molecule has 0 saturated carbocycles. The Labute approximate surface area is 207 Å². The molecule has 0 spiro atoms. The molecule has 0 atom stereocenters. The van der Waals surface area contributed by atoms with Gasteiger partial charge in [0.15, 0.2) is 17.0 Å². The van der Waals surface area contributed by atoms with Gasteiger partial charge in [0.2, 0.25) is 0 Å². The van der Waals surface area contributed by atoms with Gasteiger partial charge < -0.3 is 10.1 Å². The lowest BCUT2D eigenvalue weighted by Gasteiger charge is -2.11. The topological polar surface area (TPSA) is 86.3 Å². The van der Waals surface area contributed by atoms with Crippen molar-refractivity contribution in [1.82, 2.24) is 24.4 Å². The summed E-state index contributed by atoms with van der Waals surface area (Å²) in [6, 6.07) is 14.4. The number of aromatic nitrogens is 5. The zero-order valence-corrected chi connectivity index (χ0v) is 19.2. The van der Waals surface area contributed by atoms with Gasteiger partial charge in [0.1, 0.15) is 11.6 Å². The molecule has 0 saturated heterocycles. The Kier molecular flexibility index (Phi) is 6.07. The average molecular weight is 510 g/mol. The summed E-state index contributed by atoms with van der Waals surface area (Å²) >= 11 is 0. The Morgan fingerprint density at radius 1 is 1.08 bits per heavy atom. The standard InChI is InChI=1S/C25H18F4N6O2/c1-37-19-7-5-16(6-8-19)20-10-22(25(27,28)29)35-23(32-20)11-21(33-35)24(36)31-18-12-30-34(14-18)13-15-3-2-4-17(26)9-15/h2-12,14H,13H2,1H3,(H,31,36). The molecule has 1 amide bonds. The summed E-state index contributed by atoms with van der Waals surface area (Å²) < 4.78 is 62.1. The zero-order chi connectivity index (χ0) is 26.2. The molecule has 8 nitrogen and oxygen atoms in total. The van der Waals surface area contributed by atoms with Crippen LogP contribution >= 0.6 is 0 Å². The van der Waals surface area contributed by atoms with E-state index in [0.717, 1.165) is 6.07 Å². The minimum Gasteiger partial charge on any atom is -0.497 e. The molecular formula is C25H18F4N6O2. The molecular weight excluding hydrogens is 492 g/mol. The summed E-state index contributed by atoms with van der Waals surface area (Å²) in [6.45, 7) is 0.259. The number of amides is 1. The number of fused-ring (bicyclic) bond motifs is 1. The molecule has 188 valence electrons. The van der Waals surface area contributed by atoms with Gasteiger partial charge in [-0.15, -0.1) is 0 Å². The van der Waals surface area contributed by atoms with Crippen LogP contribution in [0.15, 0.2) is 73.1 Å². The molecule has 5 aromatic rings. The Morgan fingerprint density at radius 2 is 1.86 bits per heavy atom. The van der Waals surface area contributed by atoms with Crippen molar-refractivity contribution in [2.24, 2.45) is 0 Å². The van der Waals surface area contributed by atoms with E-state index in [1.54, 1.807) is 36.4 Å². The summed E-state index contributed by atoms with van der Waals surface area (Å²) in [4.78, 5) is 17.1. The van der Waals surface area contributed by atoms with E-state index in [-0.39, 0.29) is 29.4 Å². The van der Waals surface area contributed by atoms with Crippen LogP contribution in [0.1, 0.15) is 21.7 Å². The van der Waals surface area contributed by atoms with E-state index in [9.17, 15) is 22.4 Å². The molecule has 3 heterocycles. The molecule has 0 bridgehead atoms. The van der Waals surface area contributed by atoms with Gasteiger partial charge in [-0.25, -0.2) is 13.9 Å². The Bertz CT molecular complexity index is 1590. The third-order valence-corrected chi connectivity index (χ3v) is 5.46. The van der Waals surface area contributed by atoms with Gasteiger partial charge in [-0.05, 0) is 48.0 Å². The second kappa shape index (κ2) is 9.37. The van der Waals surface area contributed by atoms with Crippen molar-refractivity contribution in [3.8, 4) is 17.0 Å².